The normalized spacial score (nSPS) is 25.4. The summed E-state index contributed by atoms with van der Waals surface area (Å²) >= 11 is 3.58. The average Bonchev–Trinajstić information content (AvgIpc) is 3.13. The second-order valence-corrected chi connectivity index (χ2v) is 9.09. The van der Waals surface area contributed by atoms with Crippen LogP contribution in [0, 0.1) is 0 Å². The van der Waals surface area contributed by atoms with Gasteiger partial charge in [0.1, 0.15) is 17.8 Å². The standard InChI is InChI=1S/C20H28BrNO3/c1-18(2,3)25-17(23)14-24-20(15-7-6-8-16(21)13-15)11-12-22-19(20)9-4-5-10-19/h6-8,13,22H,4-5,9-12,14H2,1-3H3. The van der Waals surface area contributed by atoms with Crippen LogP contribution < -0.4 is 5.32 Å². The van der Waals surface area contributed by atoms with Gasteiger partial charge in [0, 0.05) is 4.47 Å². The van der Waals surface area contributed by atoms with E-state index >= 15 is 0 Å². The second kappa shape index (κ2) is 7.01. The Morgan fingerprint density at radius 2 is 1.96 bits per heavy atom. The lowest BCUT2D eigenvalue weighted by Crippen LogP contribution is -2.54. The summed E-state index contributed by atoms with van der Waals surface area (Å²) in [6, 6.07) is 8.31. The number of ether oxygens (including phenoxy) is 2. The van der Waals surface area contributed by atoms with Gasteiger partial charge in [-0.05, 0) is 64.3 Å². The molecule has 1 N–H and O–H groups in total. The number of rotatable bonds is 4. The fourth-order valence-electron chi connectivity index (χ4n) is 4.43. The van der Waals surface area contributed by atoms with Gasteiger partial charge in [-0.3, -0.25) is 0 Å². The molecule has 25 heavy (non-hydrogen) atoms. The van der Waals surface area contributed by atoms with E-state index in [1.165, 1.54) is 12.8 Å². The molecule has 1 aromatic carbocycles. The lowest BCUT2D eigenvalue weighted by atomic mass is 9.74. The Balaban J connectivity index is 1.89. The molecule has 0 radical (unpaired) electrons. The molecule has 1 aliphatic carbocycles. The molecule has 1 saturated heterocycles. The highest BCUT2D eigenvalue weighted by Gasteiger charge is 2.58. The minimum absolute atomic E-state index is 0.0206. The van der Waals surface area contributed by atoms with Crippen LogP contribution in [0.5, 0.6) is 0 Å². The summed E-state index contributed by atoms with van der Waals surface area (Å²) in [5.41, 5.74) is 0.0693. The van der Waals surface area contributed by atoms with Crippen molar-refractivity contribution in [2.24, 2.45) is 0 Å². The molecule has 1 spiro atoms. The molecule has 3 rings (SSSR count). The van der Waals surface area contributed by atoms with Crippen LogP contribution in [0.4, 0.5) is 0 Å². The first-order valence-electron chi connectivity index (χ1n) is 9.13. The maximum absolute atomic E-state index is 12.3. The largest absolute Gasteiger partial charge is 0.458 e. The van der Waals surface area contributed by atoms with Crippen molar-refractivity contribution in [3.05, 3.63) is 34.3 Å². The van der Waals surface area contributed by atoms with Crippen molar-refractivity contribution in [3.63, 3.8) is 0 Å². The minimum atomic E-state index is -0.498. The topological polar surface area (TPSA) is 47.6 Å². The third kappa shape index (κ3) is 3.79. The van der Waals surface area contributed by atoms with Crippen LogP contribution in [0.1, 0.15) is 58.4 Å². The third-order valence-corrected chi connectivity index (χ3v) is 5.81. The Hall–Kier alpha value is -0.910. The van der Waals surface area contributed by atoms with E-state index in [1.807, 2.05) is 32.9 Å². The molecule has 0 bridgehead atoms. The molecule has 2 fully saturated rings. The molecule has 1 unspecified atom stereocenters. The van der Waals surface area contributed by atoms with Gasteiger partial charge in [0.2, 0.25) is 0 Å². The SMILES string of the molecule is CC(C)(C)OC(=O)COC1(c2cccc(Br)c2)CCNC12CCCC2. The van der Waals surface area contributed by atoms with Crippen LogP contribution in [-0.4, -0.2) is 30.3 Å². The number of carbonyl (C=O) groups is 1. The highest BCUT2D eigenvalue weighted by atomic mass is 79.9. The van der Waals surface area contributed by atoms with E-state index in [9.17, 15) is 4.79 Å². The van der Waals surface area contributed by atoms with Gasteiger partial charge in [-0.25, -0.2) is 4.79 Å². The van der Waals surface area contributed by atoms with Crippen molar-refractivity contribution >= 4 is 21.9 Å². The fraction of sp³-hybridized carbons (Fsp3) is 0.650. The summed E-state index contributed by atoms with van der Waals surface area (Å²) in [4.78, 5) is 12.3. The maximum atomic E-state index is 12.3. The van der Waals surface area contributed by atoms with Crippen LogP contribution in [0.3, 0.4) is 0 Å². The van der Waals surface area contributed by atoms with Gasteiger partial charge in [-0.1, -0.05) is 40.9 Å². The van der Waals surface area contributed by atoms with Crippen LogP contribution >= 0.6 is 15.9 Å². The summed E-state index contributed by atoms with van der Waals surface area (Å²) in [5, 5.41) is 3.72. The van der Waals surface area contributed by atoms with Crippen molar-refractivity contribution in [3.8, 4) is 0 Å². The van der Waals surface area contributed by atoms with Crippen molar-refractivity contribution < 1.29 is 14.3 Å². The van der Waals surface area contributed by atoms with Crippen molar-refractivity contribution in [2.75, 3.05) is 13.2 Å². The van der Waals surface area contributed by atoms with E-state index in [0.29, 0.717) is 0 Å². The molecule has 0 aromatic heterocycles. The van der Waals surface area contributed by atoms with Crippen LogP contribution in [0.15, 0.2) is 28.7 Å². The third-order valence-electron chi connectivity index (χ3n) is 5.32. The maximum Gasteiger partial charge on any atom is 0.332 e. The molecule has 4 nitrogen and oxygen atoms in total. The lowest BCUT2D eigenvalue weighted by Gasteiger charge is -2.44. The number of nitrogens with one attached hydrogen (secondary N) is 1. The van der Waals surface area contributed by atoms with E-state index in [1.54, 1.807) is 0 Å². The van der Waals surface area contributed by atoms with Gasteiger partial charge >= 0.3 is 5.97 Å². The predicted molar refractivity (Wildman–Crippen MR) is 101 cm³/mol. The summed E-state index contributed by atoms with van der Waals surface area (Å²) in [6.45, 7) is 6.52. The Labute approximate surface area is 158 Å². The zero-order valence-electron chi connectivity index (χ0n) is 15.4. The van der Waals surface area contributed by atoms with Gasteiger partial charge in [-0.2, -0.15) is 0 Å². The zero-order chi connectivity index (χ0) is 18.1. The Morgan fingerprint density at radius 3 is 2.60 bits per heavy atom. The summed E-state index contributed by atoms with van der Waals surface area (Å²) in [5.74, 6) is -0.304. The first-order chi connectivity index (χ1) is 11.8. The summed E-state index contributed by atoms with van der Waals surface area (Å²) in [7, 11) is 0. The van der Waals surface area contributed by atoms with Gasteiger partial charge < -0.3 is 14.8 Å². The quantitative estimate of drug-likeness (QED) is 0.752. The molecule has 0 amide bonds. The first kappa shape index (κ1) is 18.9. The molecule has 1 aromatic rings. The number of halogens is 1. The summed E-state index contributed by atoms with van der Waals surface area (Å²) < 4.78 is 12.9. The molecule has 2 aliphatic rings. The zero-order valence-corrected chi connectivity index (χ0v) is 16.9. The molecule has 1 heterocycles. The highest BCUT2D eigenvalue weighted by Crippen LogP contribution is 2.52. The van der Waals surface area contributed by atoms with E-state index in [2.05, 4.69) is 33.4 Å². The smallest absolute Gasteiger partial charge is 0.332 e. The van der Waals surface area contributed by atoms with Crippen LogP contribution in [0.25, 0.3) is 0 Å². The van der Waals surface area contributed by atoms with E-state index in [-0.39, 0.29) is 18.1 Å². The number of esters is 1. The number of carbonyl (C=O) groups excluding carboxylic acids is 1. The van der Waals surface area contributed by atoms with Gasteiger partial charge in [0.25, 0.3) is 0 Å². The van der Waals surface area contributed by atoms with Crippen molar-refractivity contribution in [2.45, 2.75) is 69.6 Å². The fourth-order valence-corrected chi connectivity index (χ4v) is 4.83. The molecular weight excluding hydrogens is 382 g/mol. The molecule has 138 valence electrons. The molecule has 1 aliphatic heterocycles. The number of benzene rings is 1. The highest BCUT2D eigenvalue weighted by molar-refractivity contribution is 9.10. The van der Waals surface area contributed by atoms with Gasteiger partial charge in [0.05, 0.1) is 5.54 Å². The lowest BCUT2D eigenvalue weighted by molar-refractivity contribution is -0.172. The monoisotopic (exact) mass is 409 g/mol. The average molecular weight is 410 g/mol. The van der Waals surface area contributed by atoms with E-state index in [0.717, 1.165) is 35.8 Å². The molecular formula is C20H28BrNO3. The van der Waals surface area contributed by atoms with Crippen LogP contribution in [0.2, 0.25) is 0 Å². The van der Waals surface area contributed by atoms with Crippen molar-refractivity contribution in [1.82, 2.24) is 5.32 Å². The van der Waals surface area contributed by atoms with Crippen LogP contribution in [-0.2, 0) is 19.9 Å². The Kier molecular flexibility index (Phi) is 5.29. The van der Waals surface area contributed by atoms with Gasteiger partial charge in [0.15, 0.2) is 0 Å². The molecule has 1 atom stereocenters. The first-order valence-corrected chi connectivity index (χ1v) is 9.93. The predicted octanol–water partition coefficient (Wildman–Crippen LogP) is 4.31. The number of hydrogen-bond acceptors (Lipinski definition) is 4. The summed E-state index contributed by atoms with van der Waals surface area (Å²) in [6.07, 6.45) is 5.41. The van der Waals surface area contributed by atoms with Crippen molar-refractivity contribution in [1.29, 1.82) is 0 Å². The second-order valence-electron chi connectivity index (χ2n) is 8.18. The van der Waals surface area contributed by atoms with E-state index < -0.39 is 11.2 Å². The minimum Gasteiger partial charge on any atom is -0.458 e. The van der Waals surface area contributed by atoms with Gasteiger partial charge in [-0.15, -0.1) is 0 Å². The molecule has 1 saturated carbocycles. The Morgan fingerprint density at radius 1 is 1.24 bits per heavy atom. The molecule has 5 heteroatoms. The van der Waals surface area contributed by atoms with E-state index in [4.69, 9.17) is 9.47 Å². The Bertz CT molecular complexity index is 629. The number of hydrogen-bond donors (Lipinski definition) is 1.